The molecular weight excluding hydrogens is 404 g/mol. The lowest BCUT2D eigenvalue weighted by molar-refractivity contribution is 0.0746. The lowest BCUT2D eigenvalue weighted by atomic mass is 10.1. The molecule has 1 saturated carbocycles. The van der Waals surface area contributed by atoms with Crippen molar-refractivity contribution in [2.75, 3.05) is 49.1 Å². The predicted octanol–water partition coefficient (Wildman–Crippen LogP) is 3.15. The summed E-state index contributed by atoms with van der Waals surface area (Å²) in [7, 11) is 0. The topological polar surface area (TPSA) is 74.7 Å². The van der Waals surface area contributed by atoms with Crippen molar-refractivity contribution in [3.63, 3.8) is 0 Å². The van der Waals surface area contributed by atoms with Crippen LogP contribution in [0.1, 0.15) is 55.3 Å². The van der Waals surface area contributed by atoms with Gasteiger partial charge in [0.05, 0.1) is 5.56 Å². The van der Waals surface area contributed by atoms with E-state index in [9.17, 15) is 4.79 Å². The van der Waals surface area contributed by atoms with E-state index in [4.69, 9.17) is 4.74 Å². The van der Waals surface area contributed by atoms with Crippen molar-refractivity contribution in [1.29, 1.82) is 0 Å². The maximum absolute atomic E-state index is 13.0. The Hall–Kier alpha value is -2.90. The van der Waals surface area contributed by atoms with Gasteiger partial charge in [-0.3, -0.25) is 4.79 Å². The molecule has 0 radical (unpaired) electrons. The van der Waals surface area contributed by atoms with Gasteiger partial charge in [0.2, 0.25) is 5.88 Å². The van der Waals surface area contributed by atoms with Crippen LogP contribution >= 0.6 is 0 Å². The number of piperidine rings is 1. The van der Waals surface area contributed by atoms with Crippen molar-refractivity contribution < 1.29 is 9.53 Å². The molecule has 3 fully saturated rings. The fourth-order valence-corrected chi connectivity index (χ4v) is 4.88. The summed E-state index contributed by atoms with van der Waals surface area (Å²) in [4.78, 5) is 32.8. The molecule has 5 rings (SSSR count). The van der Waals surface area contributed by atoms with E-state index in [0.717, 1.165) is 50.7 Å². The van der Waals surface area contributed by atoms with Crippen LogP contribution in [0.15, 0.2) is 30.7 Å². The second-order valence-corrected chi connectivity index (χ2v) is 8.97. The molecule has 2 saturated heterocycles. The molecule has 0 N–H and O–H groups in total. The van der Waals surface area contributed by atoms with Crippen molar-refractivity contribution in [3.8, 4) is 5.88 Å². The molecule has 2 aliphatic heterocycles. The minimum atomic E-state index is 0.0289. The summed E-state index contributed by atoms with van der Waals surface area (Å²) in [6, 6.07) is 5.75. The smallest absolute Gasteiger partial charge is 0.255 e. The number of hydrogen-bond donors (Lipinski definition) is 0. The van der Waals surface area contributed by atoms with E-state index in [1.165, 1.54) is 32.1 Å². The molecule has 0 atom stereocenters. The Morgan fingerprint density at radius 2 is 1.50 bits per heavy atom. The van der Waals surface area contributed by atoms with Gasteiger partial charge in [-0.05, 0) is 51.0 Å². The van der Waals surface area contributed by atoms with Gasteiger partial charge in [0.1, 0.15) is 24.1 Å². The third-order valence-electron chi connectivity index (χ3n) is 6.78. The third-order valence-corrected chi connectivity index (χ3v) is 6.78. The second kappa shape index (κ2) is 9.71. The standard InChI is InChI=1S/C24H32N6O2/c31-24(19-8-9-23(25-17-19)32-20-6-2-3-7-20)30-14-12-29(13-15-30)22-16-21(26-18-27-22)28-10-4-1-5-11-28/h8-9,16-18,20H,1-7,10-15H2. The minimum absolute atomic E-state index is 0.0289. The minimum Gasteiger partial charge on any atom is -0.474 e. The van der Waals surface area contributed by atoms with Crippen LogP contribution in [0.2, 0.25) is 0 Å². The SMILES string of the molecule is O=C(c1ccc(OC2CCCC2)nc1)N1CCN(c2cc(N3CCCCC3)ncn2)CC1. The molecule has 4 heterocycles. The van der Waals surface area contributed by atoms with Crippen LogP contribution < -0.4 is 14.5 Å². The van der Waals surface area contributed by atoms with Gasteiger partial charge in [0.25, 0.3) is 5.91 Å². The Balaban J connectivity index is 1.16. The first-order valence-electron chi connectivity index (χ1n) is 12.0. The zero-order valence-electron chi connectivity index (χ0n) is 18.7. The molecule has 1 amide bonds. The van der Waals surface area contributed by atoms with Crippen molar-refractivity contribution in [3.05, 3.63) is 36.3 Å². The normalized spacial score (nSPS) is 19.9. The largest absolute Gasteiger partial charge is 0.474 e. The predicted molar refractivity (Wildman–Crippen MR) is 123 cm³/mol. The average Bonchev–Trinajstić information content (AvgIpc) is 3.38. The van der Waals surface area contributed by atoms with Gasteiger partial charge in [-0.15, -0.1) is 0 Å². The zero-order valence-corrected chi connectivity index (χ0v) is 18.7. The van der Waals surface area contributed by atoms with Crippen LogP contribution in [-0.4, -0.2) is 71.1 Å². The van der Waals surface area contributed by atoms with Gasteiger partial charge >= 0.3 is 0 Å². The summed E-state index contributed by atoms with van der Waals surface area (Å²) in [6.07, 6.45) is 12.0. The number of carbonyl (C=O) groups is 1. The van der Waals surface area contributed by atoms with E-state index in [2.05, 4.69) is 30.8 Å². The molecule has 0 aromatic carbocycles. The first-order valence-corrected chi connectivity index (χ1v) is 12.0. The summed E-state index contributed by atoms with van der Waals surface area (Å²) in [5.74, 6) is 2.61. The quantitative estimate of drug-likeness (QED) is 0.713. The Labute approximate surface area is 189 Å². The van der Waals surface area contributed by atoms with Crippen LogP contribution in [0.25, 0.3) is 0 Å². The summed E-state index contributed by atoms with van der Waals surface area (Å²) in [5.41, 5.74) is 0.617. The van der Waals surface area contributed by atoms with Gasteiger partial charge in [0, 0.05) is 57.6 Å². The number of piperazine rings is 1. The highest BCUT2D eigenvalue weighted by atomic mass is 16.5. The molecule has 1 aliphatic carbocycles. The lowest BCUT2D eigenvalue weighted by Crippen LogP contribution is -2.49. The van der Waals surface area contributed by atoms with Gasteiger partial charge in [-0.1, -0.05) is 0 Å². The first-order chi connectivity index (χ1) is 15.8. The average molecular weight is 437 g/mol. The second-order valence-electron chi connectivity index (χ2n) is 8.97. The van der Waals surface area contributed by atoms with Crippen molar-refractivity contribution in [2.45, 2.75) is 51.0 Å². The van der Waals surface area contributed by atoms with Gasteiger partial charge in [-0.25, -0.2) is 15.0 Å². The summed E-state index contributed by atoms with van der Waals surface area (Å²) < 4.78 is 5.91. The van der Waals surface area contributed by atoms with Crippen molar-refractivity contribution in [2.24, 2.45) is 0 Å². The molecule has 0 bridgehead atoms. The van der Waals surface area contributed by atoms with Crippen molar-refractivity contribution in [1.82, 2.24) is 19.9 Å². The van der Waals surface area contributed by atoms with Crippen LogP contribution in [0.3, 0.4) is 0 Å². The number of ether oxygens (including phenoxy) is 1. The van der Waals surface area contributed by atoms with E-state index in [1.54, 1.807) is 12.5 Å². The Morgan fingerprint density at radius 3 is 2.16 bits per heavy atom. The van der Waals surface area contributed by atoms with Crippen LogP contribution in [0, 0.1) is 0 Å². The molecule has 8 heteroatoms. The summed E-state index contributed by atoms with van der Waals surface area (Å²) >= 11 is 0. The van der Waals surface area contributed by atoms with E-state index in [-0.39, 0.29) is 12.0 Å². The van der Waals surface area contributed by atoms with Crippen molar-refractivity contribution >= 4 is 17.5 Å². The van der Waals surface area contributed by atoms with E-state index < -0.39 is 0 Å². The molecule has 8 nitrogen and oxygen atoms in total. The van der Waals surface area contributed by atoms with Crippen LogP contribution in [0.5, 0.6) is 5.88 Å². The van der Waals surface area contributed by atoms with Crippen LogP contribution in [-0.2, 0) is 0 Å². The van der Waals surface area contributed by atoms with Gasteiger partial charge in [0.15, 0.2) is 0 Å². The first kappa shape index (κ1) is 21.0. The maximum Gasteiger partial charge on any atom is 0.255 e. The molecule has 0 spiro atoms. The molecule has 2 aromatic rings. The summed E-state index contributed by atoms with van der Waals surface area (Å²) in [6.45, 7) is 5.00. The monoisotopic (exact) mass is 436 g/mol. The molecule has 0 unspecified atom stereocenters. The number of aromatic nitrogens is 3. The fraction of sp³-hybridized carbons (Fsp3) is 0.583. The molecule has 2 aromatic heterocycles. The summed E-state index contributed by atoms with van der Waals surface area (Å²) in [5, 5.41) is 0. The number of rotatable bonds is 5. The van der Waals surface area contributed by atoms with E-state index >= 15 is 0 Å². The Morgan fingerprint density at radius 1 is 0.812 bits per heavy atom. The lowest BCUT2D eigenvalue weighted by Gasteiger charge is -2.36. The van der Waals surface area contributed by atoms with E-state index in [1.807, 2.05) is 17.0 Å². The number of hydrogen-bond acceptors (Lipinski definition) is 7. The highest BCUT2D eigenvalue weighted by molar-refractivity contribution is 5.94. The van der Waals surface area contributed by atoms with Gasteiger partial charge < -0.3 is 19.4 Å². The van der Waals surface area contributed by atoms with Gasteiger partial charge in [-0.2, -0.15) is 0 Å². The molecule has 3 aliphatic rings. The Bertz CT molecular complexity index is 901. The number of carbonyl (C=O) groups excluding carboxylic acids is 1. The van der Waals surface area contributed by atoms with Crippen LogP contribution in [0.4, 0.5) is 11.6 Å². The number of amides is 1. The third kappa shape index (κ3) is 4.79. The number of anilines is 2. The highest BCUT2D eigenvalue weighted by Crippen LogP contribution is 2.24. The molecule has 32 heavy (non-hydrogen) atoms. The zero-order chi connectivity index (χ0) is 21.8. The number of pyridine rings is 1. The number of nitrogens with zero attached hydrogens (tertiary/aromatic N) is 6. The highest BCUT2D eigenvalue weighted by Gasteiger charge is 2.24. The Kier molecular flexibility index (Phi) is 6.36. The van der Waals surface area contributed by atoms with E-state index in [0.29, 0.717) is 24.5 Å². The molecule has 170 valence electrons. The molecular formula is C24H32N6O2. The maximum atomic E-state index is 13.0. The fourth-order valence-electron chi connectivity index (χ4n) is 4.88.